The van der Waals surface area contributed by atoms with E-state index in [1.807, 2.05) is 13.0 Å². The second-order valence-corrected chi connectivity index (χ2v) is 9.21. The first-order valence-corrected chi connectivity index (χ1v) is 10.9. The molecule has 1 heterocycles. The Kier molecular flexibility index (Phi) is 5.67. The van der Waals surface area contributed by atoms with Gasteiger partial charge in [-0.1, -0.05) is 17.7 Å². The highest BCUT2D eigenvalue weighted by molar-refractivity contribution is 7.99. The van der Waals surface area contributed by atoms with Gasteiger partial charge in [-0.05, 0) is 63.2 Å². The van der Waals surface area contributed by atoms with Gasteiger partial charge in [-0.3, -0.25) is 14.8 Å². The largest absolute Gasteiger partial charge is 0.436 e. The number of anilines is 1. The Hall–Kier alpha value is -2.85. The Morgan fingerprint density at radius 2 is 1.83 bits per heavy atom. The Bertz CT molecular complexity index is 1180. The van der Waals surface area contributed by atoms with E-state index in [0.29, 0.717) is 17.1 Å². The number of hydrogen-bond donors (Lipinski definition) is 1. The summed E-state index contributed by atoms with van der Waals surface area (Å²) in [6, 6.07) is 9.04. The molecular formula is C19H19N3O5S2. The Balaban J connectivity index is 1.95. The molecule has 0 amide bonds. The average molecular weight is 434 g/mol. The summed E-state index contributed by atoms with van der Waals surface area (Å²) in [5.74, 6) is 0.618. The number of nitro groups is 1. The van der Waals surface area contributed by atoms with Crippen molar-refractivity contribution >= 4 is 33.2 Å². The van der Waals surface area contributed by atoms with Gasteiger partial charge in [-0.15, -0.1) is 0 Å². The fraction of sp³-hybridized carbons (Fsp3) is 0.211. The average Bonchev–Trinajstić information content (AvgIpc) is 2.94. The number of oxazole rings is 1. The molecule has 152 valence electrons. The first kappa shape index (κ1) is 20.9. The molecule has 29 heavy (non-hydrogen) atoms. The van der Waals surface area contributed by atoms with E-state index < -0.39 is 14.9 Å². The highest BCUT2D eigenvalue weighted by atomic mass is 32.2. The first-order chi connectivity index (χ1) is 13.6. The molecule has 3 rings (SSSR count). The van der Waals surface area contributed by atoms with Gasteiger partial charge in [0.1, 0.15) is 5.76 Å². The number of sulfonamides is 1. The molecule has 10 heteroatoms. The van der Waals surface area contributed by atoms with E-state index in [4.69, 9.17) is 4.42 Å². The lowest BCUT2D eigenvalue weighted by atomic mass is 10.1. The minimum absolute atomic E-state index is 0.201. The summed E-state index contributed by atoms with van der Waals surface area (Å²) in [6.45, 7) is 7.20. The molecule has 0 spiro atoms. The molecule has 0 atom stereocenters. The van der Waals surface area contributed by atoms with E-state index in [2.05, 4.69) is 9.71 Å². The molecule has 8 nitrogen and oxygen atoms in total. The molecule has 0 saturated heterocycles. The van der Waals surface area contributed by atoms with Crippen LogP contribution in [0.1, 0.15) is 22.6 Å². The lowest BCUT2D eigenvalue weighted by Gasteiger charge is -2.11. The number of aryl methyl sites for hydroxylation is 4. The number of hydrogen-bond acceptors (Lipinski definition) is 7. The van der Waals surface area contributed by atoms with Gasteiger partial charge < -0.3 is 4.42 Å². The van der Waals surface area contributed by atoms with Crippen molar-refractivity contribution in [1.82, 2.24) is 4.98 Å². The van der Waals surface area contributed by atoms with E-state index in [0.717, 1.165) is 29.0 Å². The Labute approximate surface area is 172 Å². The molecule has 0 bridgehead atoms. The second kappa shape index (κ2) is 7.88. The van der Waals surface area contributed by atoms with Crippen molar-refractivity contribution in [2.45, 2.75) is 42.7 Å². The number of nitro benzene ring substituents is 1. The normalized spacial score (nSPS) is 11.4. The highest BCUT2D eigenvalue weighted by Crippen LogP contribution is 2.36. The maximum Gasteiger partial charge on any atom is 0.284 e. The summed E-state index contributed by atoms with van der Waals surface area (Å²) in [5, 5.41) is 11.8. The zero-order valence-electron chi connectivity index (χ0n) is 16.2. The monoisotopic (exact) mass is 433 g/mol. The lowest BCUT2D eigenvalue weighted by molar-refractivity contribution is -0.388. The molecule has 0 saturated carbocycles. The van der Waals surface area contributed by atoms with Crippen LogP contribution in [-0.2, 0) is 10.0 Å². The van der Waals surface area contributed by atoms with Gasteiger partial charge in [0, 0.05) is 6.07 Å². The highest BCUT2D eigenvalue weighted by Gasteiger charge is 2.24. The zero-order chi connectivity index (χ0) is 21.3. The predicted molar refractivity (Wildman–Crippen MR) is 110 cm³/mol. The molecular weight excluding hydrogens is 414 g/mol. The standard InChI is InChI=1S/C19H19N3O5S2/c1-11-5-7-16(12(2)9-11)21-29(25,26)15-6-8-18(17(10-15)22(23)24)28-19-20-13(3)14(4)27-19/h5-10,21H,1-4H3. The van der Waals surface area contributed by atoms with Crippen molar-refractivity contribution < 1.29 is 17.8 Å². The number of aromatic nitrogens is 1. The quantitative estimate of drug-likeness (QED) is 0.440. The maximum atomic E-state index is 12.8. The third-order valence-corrected chi connectivity index (χ3v) is 6.55. The molecule has 1 N–H and O–H groups in total. The Morgan fingerprint density at radius 3 is 2.41 bits per heavy atom. The van der Waals surface area contributed by atoms with Gasteiger partial charge in [0.2, 0.25) is 0 Å². The van der Waals surface area contributed by atoms with Gasteiger partial charge in [-0.2, -0.15) is 0 Å². The van der Waals surface area contributed by atoms with Crippen molar-refractivity contribution in [3.63, 3.8) is 0 Å². The first-order valence-electron chi connectivity index (χ1n) is 8.57. The molecule has 0 aliphatic carbocycles. The third-order valence-electron chi connectivity index (χ3n) is 4.27. The molecule has 0 fully saturated rings. The van der Waals surface area contributed by atoms with Gasteiger partial charge >= 0.3 is 0 Å². The van der Waals surface area contributed by atoms with Crippen LogP contribution in [0.15, 0.2) is 55.8 Å². The van der Waals surface area contributed by atoms with Crippen molar-refractivity contribution in [2.75, 3.05) is 4.72 Å². The topological polar surface area (TPSA) is 115 Å². The molecule has 0 aliphatic rings. The second-order valence-electron chi connectivity index (χ2n) is 6.53. The summed E-state index contributed by atoms with van der Waals surface area (Å²) >= 11 is 0.970. The van der Waals surface area contributed by atoms with Crippen molar-refractivity contribution in [1.29, 1.82) is 0 Å². The predicted octanol–water partition coefficient (Wildman–Crippen LogP) is 4.77. The van der Waals surface area contributed by atoms with Crippen LogP contribution in [0.3, 0.4) is 0 Å². The van der Waals surface area contributed by atoms with Gasteiger partial charge in [-0.25, -0.2) is 13.4 Å². The number of nitrogens with zero attached hydrogens (tertiary/aromatic N) is 2. The van der Waals surface area contributed by atoms with Crippen molar-refractivity contribution in [3.8, 4) is 0 Å². The summed E-state index contributed by atoms with van der Waals surface area (Å²) in [6.07, 6.45) is 0. The molecule has 2 aromatic carbocycles. The van der Waals surface area contributed by atoms with E-state index >= 15 is 0 Å². The minimum atomic E-state index is -4.00. The minimum Gasteiger partial charge on any atom is -0.436 e. The van der Waals surface area contributed by atoms with Crippen LogP contribution in [0.4, 0.5) is 11.4 Å². The fourth-order valence-corrected chi connectivity index (χ4v) is 4.67. The molecule has 1 aromatic heterocycles. The van der Waals surface area contributed by atoms with Crippen LogP contribution >= 0.6 is 11.8 Å². The van der Waals surface area contributed by atoms with Gasteiger partial charge in [0.15, 0.2) is 0 Å². The van der Waals surface area contributed by atoms with Crippen LogP contribution in [0.25, 0.3) is 0 Å². The smallest absolute Gasteiger partial charge is 0.284 e. The number of rotatable bonds is 6. The SMILES string of the molecule is Cc1ccc(NS(=O)(=O)c2ccc(Sc3nc(C)c(C)o3)c([N+](=O)[O-])c2)c(C)c1. The zero-order valence-corrected chi connectivity index (χ0v) is 17.8. The van der Waals surface area contributed by atoms with Crippen LogP contribution in [-0.4, -0.2) is 18.3 Å². The number of benzene rings is 2. The van der Waals surface area contributed by atoms with Crippen LogP contribution in [0.2, 0.25) is 0 Å². The molecule has 0 unspecified atom stereocenters. The fourth-order valence-electron chi connectivity index (χ4n) is 2.61. The van der Waals surface area contributed by atoms with E-state index in [9.17, 15) is 18.5 Å². The van der Waals surface area contributed by atoms with Crippen LogP contribution in [0, 0.1) is 37.8 Å². The molecule has 0 aliphatic heterocycles. The Morgan fingerprint density at radius 1 is 1.10 bits per heavy atom. The van der Waals surface area contributed by atoms with Gasteiger partial charge in [0.05, 0.1) is 26.1 Å². The summed E-state index contributed by atoms with van der Waals surface area (Å²) < 4.78 is 33.5. The summed E-state index contributed by atoms with van der Waals surface area (Å²) in [5.41, 5.74) is 2.52. The van der Waals surface area contributed by atoms with Crippen LogP contribution < -0.4 is 4.72 Å². The summed E-state index contributed by atoms with van der Waals surface area (Å²) in [7, 11) is -4.00. The molecule has 0 radical (unpaired) electrons. The van der Waals surface area contributed by atoms with Gasteiger partial charge in [0.25, 0.3) is 20.9 Å². The van der Waals surface area contributed by atoms with Crippen LogP contribution in [0.5, 0.6) is 0 Å². The van der Waals surface area contributed by atoms with E-state index in [1.165, 1.54) is 12.1 Å². The van der Waals surface area contributed by atoms with E-state index in [-0.39, 0.29) is 20.7 Å². The lowest BCUT2D eigenvalue weighted by Crippen LogP contribution is -2.14. The maximum absolute atomic E-state index is 12.8. The van der Waals surface area contributed by atoms with Crippen molar-refractivity contribution in [3.05, 3.63) is 69.1 Å². The molecule has 3 aromatic rings. The summed E-state index contributed by atoms with van der Waals surface area (Å²) in [4.78, 5) is 15.1. The van der Waals surface area contributed by atoms with Crippen molar-refractivity contribution in [2.24, 2.45) is 0 Å². The van der Waals surface area contributed by atoms with E-state index in [1.54, 1.807) is 32.9 Å². The third kappa shape index (κ3) is 4.60. The number of nitrogens with one attached hydrogen (secondary N) is 1.